The molecule has 2 rings (SSSR count). The van der Waals surface area contributed by atoms with E-state index in [1.807, 2.05) is 44.2 Å². The third-order valence-electron chi connectivity index (χ3n) is 4.05. The Bertz CT molecular complexity index is 488. The maximum Gasteiger partial charge on any atom is 0.175 e. The Morgan fingerprint density at radius 1 is 1.14 bits per heavy atom. The highest BCUT2D eigenvalue weighted by molar-refractivity contribution is 6.30. The topological polar surface area (TPSA) is 20.3 Å². The summed E-state index contributed by atoms with van der Waals surface area (Å²) in [5.41, 5.74) is 0.584. The molecule has 1 aliphatic rings. The number of nitrogens with zero attached hydrogens (tertiary/aromatic N) is 1. The molecule has 1 heterocycles. The Labute approximate surface area is 138 Å². The van der Waals surface area contributed by atoms with Crippen LogP contribution in [0, 0.1) is 0 Å². The van der Waals surface area contributed by atoms with Crippen LogP contribution in [0.15, 0.2) is 30.3 Å². The summed E-state index contributed by atoms with van der Waals surface area (Å²) in [6.07, 6.45) is 7.22. The number of hydrogen-bond donors (Lipinski definition) is 0. The average Bonchev–Trinajstić information content (AvgIpc) is 2.47. The largest absolute Gasteiger partial charge is 0.293 e. The van der Waals surface area contributed by atoms with Crippen LogP contribution in [0.4, 0.5) is 0 Å². The van der Waals surface area contributed by atoms with Gasteiger partial charge in [-0.1, -0.05) is 36.2 Å². The number of rotatable bonds is 4. The number of likely N-dealkylation sites (tertiary alicyclic amines) is 1. The number of piperidine rings is 1. The SMILES string of the molecule is CC(C)(C(=O)/C=C/c1ccc(Cl)cc1)N1CCCCC1.Cl. The van der Waals surface area contributed by atoms with Crippen LogP contribution in [0.5, 0.6) is 0 Å². The van der Waals surface area contributed by atoms with E-state index >= 15 is 0 Å². The summed E-state index contributed by atoms with van der Waals surface area (Å²) < 4.78 is 0. The van der Waals surface area contributed by atoms with Gasteiger partial charge in [-0.05, 0) is 63.6 Å². The van der Waals surface area contributed by atoms with Gasteiger partial charge in [0.2, 0.25) is 0 Å². The van der Waals surface area contributed by atoms with Gasteiger partial charge < -0.3 is 0 Å². The van der Waals surface area contributed by atoms with Gasteiger partial charge in [0.15, 0.2) is 5.78 Å². The second kappa shape index (κ2) is 7.98. The highest BCUT2D eigenvalue weighted by atomic mass is 35.5. The van der Waals surface area contributed by atoms with Gasteiger partial charge in [0, 0.05) is 5.02 Å². The van der Waals surface area contributed by atoms with Gasteiger partial charge in [-0.3, -0.25) is 9.69 Å². The Morgan fingerprint density at radius 3 is 2.29 bits per heavy atom. The van der Waals surface area contributed by atoms with E-state index in [4.69, 9.17) is 11.6 Å². The molecule has 1 fully saturated rings. The van der Waals surface area contributed by atoms with E-state index in [-0.39, 0.29) is 18.2 Å². The van der Waals surface area contributed by atoms with E-state index in [1.54, 1.807) is 6.08 Å². The molecule has 0 unspecified atom stereocenters. The molecule has 1 saturated heterocycles. The van der Waals surface area contributed by atoms with Crippen LogP contribution in [0.25, 0.3) is 6.08 Å². The van der Waals surface area contributed by atoms with Gasteiger partial charge in [0.1, 0.15) is 0 Å². The van der Waals surface area contributed by atoms with Crippen molar-refractivity contribution in [2.45, 2.75) is 38.6 Å². The third kappa shape index (κ3) is 4.84. The molecule has 0 radical (unpaired) electrons. The summed E-state index contributed by atoms with van der Waals surface area (Å²) in [6.45, 7) is 6.08. The second-order valence-corrected chi connectivity index (χ2v) is 6.29. The zero-order chi connectivity index (χ0) is 14.6. The Hall–Kier alpha value is -0.830. The second-order valence-electron chi connectivity index (χ2n) is 5.86. The van der Waals surface area contributed by atoms with Crippen molar-refractivity contribution in [3.8, 4) is 0 Å². The Kier molecular flexibility index (Phi) is 6.92. The smallest absolute Gasteiger partial charge is 0.175 e. The van der Waals surface area contributed by atoms with E-state index in [0.717, 1.165) is 18.7 Å². The molecule has 1 aromatic rings. The fraction of sp³-hybridized carbons (Fsp3) is 0.471. The van der Waals surface area contributed by atoms with Crippen LogP contribution in [-0.2, 0) is 4.79 Å². The van der Waals surface area contributed by atoms with Crippen molar-refractivity contribution in [1.82, 2.24) is 4.90 Å². The lowest BCUT2D eigenvalue weighted by atomic mass is 9.93. The lowest BCUT2D eigenvalue weighted by Crippen LogP contribution is -2.51. The van der Waals surface area contributed by atoms with Crippen molar-refractivity contribution in [2.75, 3.05) is 13.1 Å². The van der Waals surface area contributed by atoms with Crippen molar-refractivity contribution in [3.05, 3.63) is 40.9 Å². The van der Waals surface area contributed by atoms with Crippen LogP contribution in [0.1, 0.15) is 38.7 Å². The normalized spacial score (nSPS) is 16.7. The van der Waals surface area contributed by atoms with Gasteiger partial charge >= 0.3 is 0 Å². The van der Waals surface area contributed by atoms with Crippen LogP contribution < -0.4 is 0 Å². The predicted molar refractivity (Wildman–Crippen MR) is 92.2 cm³/mol. The molecule has 21 heavy (non-hydrogen) atoms. The van der Waals surface area contributed by atoms with Gasteiger partial charge in [-0.25, -0.2) is 0 Å². The van der Waals surface area contributed by atoms with Crippen molar-refractivity contribution in [2.24, 2.45) is 0 Å². The Morgan fingerprint density at radius 2 is 1.71 bits per heavy atom. The monoisotopic (exact) mass is 327 g/mol. The fourth-order valence-corrected chi connectivity index (χ4v) is 2.68. The summed E-state index contributed by atoms with van der Waals surface area (Å²) in [5.74, 6) is 0.161. The lowest BCUT2D eigenvalue weighted by Gasteiger charge is -2.39. The average molecular weight is 328 g/mol. The molecule has 0 aromatic heterocycles. The van der Waals surface area contributed by atoms with E-state index in [9.17, 15) is 4.79 Å². The number of benzene rings is 1. The summed E-state index contributed by atoms with van der Waals surface area (Å²) in [6, 6.07) is 7.50. The lowest BCUT2D eigenvalue weighted by molar-refractivity contribution is -0.125. The minimum Gasteiger partial charge on any atom is -0.293 e. The molecule has 0 aliphatic carbocycles. The number of ketones is 1. The first kappa shape index (κ1) is 18.2. The van der Waals surface area contributed by atoms with Crippen LogP contribution in [0.2, 0.25) is 5.02 Å². The van der Waals surface area contributed by atoms with Gasteiger partial charge in [0.25, 0.3) is 0 Å². The Balaban J connectivity index is 0.00000220. The fourth-order valence-electron chi connectivity index (χ4n) is 2.56. The quantitative estimate of drug-likeness (QED) is 0.753. The molecule has 0 atom stereocenters. The molecular formula is C17H23Cl2NO. The van der Waals surface area contributed by atoms with Crippen molar-refractivity contribution in [1.29, 1.82) is 0 Å². The summed E-state index contributed by atoms with van der Waals surface area (Å²) in [5, 5.41) is 0.710. The van der Waals surface area contributed by atoms with Gasteiger partial charge in [-0.15, -0.1) is 12.4 Å². The molecule has 2 nitrogen and oxygen atoms in total. The third-order valence-corrected chi connectivity index (χ3v) is 4.30. The zero-order valence-electron chi connectivity index (χ0n) is 12.6. The first-order chi connectivity index (χ1) is 9.50. The molecule has 0 amide bonds. The molecule has 0 spiro atoms. The summed E-state index contributed by atoms with van der Waals surface area (Å²) >= 11 is 5.85. The van der Waals surface area contributed by atoms with Crippen molar-refractivity contribution in [3.63, 3.8) is 0 Å². The summed E-state index contributed by atoms with van der Waals surface area (Å²) in [4.78, 5) is 14.7. The van der Waals surface area contributed by atoms with E-state index in [2.05, 4.69) is 4.90 Å². The highest BCUT2D eigenvalue weighted by Gasteiger charge is 2.33. The zero-order valence-corrected chi connectivity index (χ0v) is 14.2. The van der Waals surface area contributed by atoms with E-state index in [1.165, 1.54) is 19.3 Å². The molecule has 4 heteroatoms. The number of carbonyl (C=O) groups excluding carboxylic acids is 1. The van der Waals surface area contributed by atoms with E-state index in [0.29, 0.717) is 5.02 Å². The van der Waals surface area contributed by atoms with E-state index < -0.39 is 5.54 Å². The van der Waals surface area contributed by atoms with Crippen LogP contribution in [-0.4, -0.2) is 29.3 Å². The highest BCUT2D eigenvalue weighted by Crippen LogP contribution is 2.22. The molecule has 1 aromatic carbocycles. The molecule has 0 saturated carbocycles. The number of halogens is 2. The van der Waals surface area contributed by atoms with Crippen LogP contribution >= 0.6 is 24.0 Å². The van der Waals surface area contributed by atoms with Crippen molar-refractivity contribution >= 4 is 35.9 Å². The number of hydrogen-bond acceptors (Lipinski definition) is 2. The predicted octanol–water partition coefficient (Wildman–Crippen LogP) is 4.61. The maximum atomic E-state index is 12.4. The molecular weight excluding hydrogens is 305 g/mol. The molecule has 116 valence electrons. The first-order valence-electron chi connectivity index (χ1n) is 7.23. The minimum absolute atomic E-state index is 0. The standard InChI is InChI=1S/C17H22ClNO.ClH/c1-17(2,19-12-4-3-5-13-19)16(20)11-8-14-6-9-15(18)10-7-14;/h6-11H,3-5,12-13H2,1-2H3;1H/b11-8+;. The van der Waals surface area contributed by atoms with Gasteiger partial charge in [-0.2, -0.15) is 0 Å². The maximum absolute atomic E-state index is 12.4. The minimum atomic E-state index is -0.413. The van der Waals surface area contributed by atoms with Gasteiger partial charge in [0.05, 0.1) is 5.54 Å². The number of carbonyl (C=O) groups is 1. The molecule has 0 N–H and O–H groups in total. The first-order valence-corrected chi connectivity index (χ1v) is 7.61. The van der Waals surface area contributed by atoms with Crippen molar-refractivity contribution < 1.29 is 4.79 Å². The molecule has 0 bridgehead atoms. The van der Waals surface area contributed by atoms with Crippen LogP contribution in [0.3, 0.4) is 0 Å². The molecule has 1 aliphatic heterocycles. The summed E-state index contributed by atoms with van der Waals surface area (Å²) in [7, 11) is 0.